The Kier molecular flexibility index (Phi) is 9.73. The van der Waals surface area contributed by atoms with Gasteiger partial charge in [-0.2, -0.15) is 0 Å². The summed E-state index contributed by atoms with van der Waals surface area (Å²) >= 11 is 12.6. The Morgan fingerprint density at radius 1 is 1.06 bits per heavy atom. The number of hydrogen-bond acceptors (Lipinski definition) is 4. The number of hydrogen-bond donors (Lipinski definition) is 1. The van der Waals surface area contributed by atoms with Gasteiger partial charge in [0.1, 0.15) is 18.4 Å². The molecule has 0 aliphatic heterocycles. The first-order valence-electron chi connectivity index (χ1n) is 10.5. The van der Waals surface area contributed by atoms with Gasteiger partial charge in [0.25, 0.3) is 0 Å². The molecule has 2 rings (SSSR count). The van der Waals surface area contributed by atoms with E-state index >= 15 is 0 Å². The number of nitrogens with one attached hydrogen (secondary N) is 1. The zero-order valence-electron chi connectivity index (χ0n) is 19.4. The van der Waals surface area contributed by atoms with Crippen LogP contribution in [0.25, 0.3) is 0 Å². The second kappa shape index (κ2) is 11.9. The maximum absolute atomic E-state index is 13.8. The molecule has 0 aliphatic rings. The van der Waals surface area contributed by atoms with E-state index in [0.29, 0.717) is 22.2 Å². The topological polar surface area (TPSA) is 86.8 Å². The quantitative estimate of drug-likeness (QED) is 0.500. The molecule has 0 saturated carbocycles. The minimum atomic E-state index is -3.95. The van der Waals surface area contributed by atoms with E-state index in [1.165, 1.54) is 30.0 Å². The summed E-state index contributed by atoms with van der Waals surface area (Å²) < 4.78 is 39.5. The Morgan fingerprint density at radius 3 is 2.18 bits per heavy atom. The van der Waals surface area contributed by atoms with Crippen LogP contribution in [0.2, 0.25) is 10.0 Å². The van der Waals surface area contributed by atoms with E-state index in [-0.39, 0.29) is 18.2 Å². The van der Waals surface area contributed by atoms with Crippen LogP contribution in [0.1, 0.15) is 26.3 Å². The van der Waals surface area contributed by atoms with E-state index in [2.05, 4.69) is 5.32 Å². The highest BCUT2D eigenvalue weighted by atomic mass is 35.5. The average molecular weight is 532 g/mol. The zero-order chi connectivity index (χ0) is 25.6. The second-order valence-electron chi connectivity index (χ2n) is 8.29. The van der Waals surface area contributed by atoms with Crippen LogP contribution in [-0.4, -0.2) is 50.5 Å². The molecular weight excluding hydrogens is 504 g/mol. The smallest absolute Gasteiger partial charge is 0.244 e. The molecule has 34 heavy (non-hydrogen) atoms. The van der Waals surface area contributed by atoms with Crippen LogP contribution in [0.4, 0.5) is 10.1 Å². The van der Waals surface area contributed by atoms with Gasteiger partial charge in [0, 0.05) is 28.7 Å². The van der Waals surface area contributed by atoms with Crippen molar-refractivity contribution in [2.75, 3.05) is 23.7 Å². The van der Waals surface area contributed by atoms with Crippen LogP contribution in [0.5, 0.6) is 0 Å². The molecule has 0 aromatic heterocycles. The Hall–Kier alpha value is -2.36. The molecule has 0 bridgehead atoms. The molecule has 2 aromatic rings. The van der Waals surface area contributed by atoms with E-state index in [0.717, 1.165) is 16.6 Å². The molecule has 0 fully saturated rings. The van der Waals surface area contributed by atoms with Crippen LogP contribution < -0.4 is 9.62 Å². The van der Waals surface area contributed by atoms with Gasteiger partial charge >= 0.3 is 0 Å². The summed E-state index contributed by atoms with van der Waals surface area (Å²) in [6.45, 7) is 5.02. The molecule has 0 heterocycles. The fourth-order valence-electron chi connectivity index (χ4n) is 3.13. The fourth-order valence-corrected chi connectivity index (χ4v) is 4.49. The number of carbonyl (C=O) groups excluding carboxylic acids is 2. The molecule has 0 aliphatic carbocycles. The van der Waals surface area contributed by atoms with Crippen molar-refractivity contribution in [3.05, 3.63) is 63.9 Å². The molecule has 11 heteroatoms. The highest BCUT2D eigenvalue weighted by Gasteiger charge is 2.31. The minimum Gasteiger partial charge on any atom is -0.354 e. The molecule has 0 spiro atoms. The van der Waals surface area contributed by atoms with E-state index in [1.54, 1.807) is 18.2 Å². The SMILES string of the molecule is CC(C)CNC(=O)[C@H](C)N(Cc1c(Cl)cccc1Cl)C(=O)CN(c1cccc(F)c1)S(C)(=O)=O. The number of sulfonamides is 1. The predicted octanol–water partition coefficient (Wildman–Crippen LogP) is 4.09. The van der Waals surface area contributed by atoms with Gasteiger partial charge in [-0.3, -0.25) is 13.9 Å². The third-order valence-corrected chi connectivity index (χ3v) is 6.87. The number of benzene rings is 2. The Morgan fingerprint density at radius 2 is 1.65 bits per heavy atom. The number of amides is 2. The van der Waals surface area contributed by atoms with Crippen LogP contribution in [0.3, 0.4) is 0 Å². The van der Waals surface area contributed by atoms with Gasteiger partial charge in [-0.15, -0.1) is 0 Å². The Balaban J connectivity index is 2.43. The molecule has 186 valence electrons. The van der Waals surface area contributed by atoms with Gasteiger partial charge in [-0.05, 0) is 43.2 Å². The van der Waals surface area contributed by atoms with E-state index in [9.17, 15) is 22.4 Å². The van der Waals surface area contributed by atoms with Crippen LogP contribution >= 0.6 is 23.2 Å². The number of anilines is 1. The monoisotopic (exact) mass is 531 g/mol. The zero-order valence-corrected chi connectivity index (χ0v) is 21.7. The lowest BCUT2D eigenvalue weighted by molar-refractivity contribution is -0.139. The van der Waals surface area contributed by atoms with Crippen molar-refractivity contribution in [1.82, 2.24) is 10.2 Å². The van der Waals surface area contributed by atoms with Gasteiger partial charge in [0.2, 0.25) is 21.8 Å². The van der Waals surface area contributed by atoms with Gasteiger partial charge in [-0.25, -0.2) is 12.8 Å². The maximum atomic E-state index is 13.8. The molecule has 2 amide bonds. The predicted molar refractivity (Wildman–Crippen MR) is 133 cm³/mol. The van der Waals surface area contributed by atoms with E-state index in [1.807, 2.05) is 13.8 Å². The molecule has 0 unspecified atom stereocenters. The minimum absolute atomic E-state index is 0.0107. The van der Waals surface area contributed by atoms with Crippen LogP contribution in [-0.2, 0) is 26.2 Å². The van der Waals surface area contributed by atoms with E-state index < -0.39 is 40.2 Å². The number of carbonyl (C=O) groups is 2. The van der Waals surface area contributed by atoms with Gasteiger partial charge < -0.3 is 10.2 Å². The first-order chi connectivity index (χ1) is 15.8. The normalized spacial score (nSPS) is 12.4. The molecule has 0 radical (unpaired) electrons. The van der Waals surface area contributed by atoms with Crippen molar-refractivity contribution >= 4 is 50.7 Å². The first kappa shape index (κ1) is 27.9. The number of rotatable bonds is 10. The van der Waals surface area contributed by atoms with Crippen molar-refractivity contribution in [2.24, 2.45) is 5.92 Å². The lowest BCUT2D eigenvalue weighted by Crippen LogP contribution is -2.51. The summed E-state index contributed by atoms with van der Waals surface area (Å²) in [6.07, 6.45) is 0.916. The summed E-state index contributed by atoms with van der Waals surface area (Å²) in [5.74, 6) is -1.56. The molecule has 1 atom stereocenters. The fraction of sp³-hybridized carbons (Fsp3) is 0.391. The van der Waals surface area contributed by atoms with Crippen molar-refractivity contribution < 1.29 is 22.4 Å². The third kappa shape index (κ3) is 7.58. The molecule has 1 N–H and O–H groups in total. The van der Waals surface area contributed by atoms with E-state index in [4.69, 9.17) is 23.2 Å². The lowest BCUT2D eigenvalue weighted by atomic mass is 10.1. The largest absolute Gasteiger partial charge is 0.354 e. The van der Waals surface area contributed by atoms with Crippen LogP contribution in [0.15, 0.2) is 42.5 Å². The first-order valence-corrected chi connectivity index (χ1v) is 13.1. The number of nitrogens with zero attached hydrogens (tertiary/aromatic N) is 2. The highest BCUT2D eigenvalue weighted by molar-refractivity contribution is 7.92. The summed E-state index contributed by atoms with van der Waals surface area (Å²) in [5.41, 5.74) is 0.405. The van der Waals surface area contributed by atoms with Gasteiger partial charge in [0.05, 0.1) is 11.9 Å². The van der Waals surface area contributed by atoms with Crippen molar-refractivity contribution in [3.8, 4) is 0 Å². The summed E-state index contributed by atoms with van der Waals surface area (Å²) in [6, 6.07) is 8.79. The number of halogens is 3. The van der Waals surface area contributed by atoms with Crippen molar-refractivity contribution in [3.63, 3.8) is 0 Å². The Bertz CT molecular complexity index is 1120. The Labute approximate surface area is 209 Å². The van der Waals surface area contributed by atoms with Crippen molar-refractivity contribution in [2.45, 2.75) is 33.4 Å². The highest BCUT2D eigenvalue weighted by Crippen LogP contribution is 2.27. The summed E-state index contributed by atoms with van der Waals surface area (Å²) in [5, 5.41) is 3.37. The average Bonchev–Trinajstić information content (AvgIpc) is 2.74. The molecule has 0 saturated heterocycles. The lowest BCUT2D eigenvalue weighted by Gasteiger charge is -2.32. The van der Waals surface area contributed by atoms with Crippen molar-refractivity contribution in [1.29, 1.82) is 0 Å². The molecule has 2 aromatic carbocycles. The standard InChI is InChI=1S/C23H28Cl2FN3O4S/c1-15(2)12-27-23(31)16(3)28(13-19-20(24)9-6-10-21(19)25)22(30)14-29(34(4,32)33)18-8-5-7-17(26)11-18/h5-11,15-16H,12-14H2,1-4H3,(H,27,31)/t16-/m0/s1. The van der Waals surface area contributed by atoms with Crippen LogP contribution in [0, 0.1) is 11.7 Å². The third-order valence-electron chi connectivity index (χ3n) is 5.02. The van der Waals surface area contributed by atoms with Gasteiger partial charge in [0.15, 0.2) is 0 Å². The van der Waals surface area contributed by atoms with Gasteiger partial charge in [-0.1, -0.05) is 49.2 Å². The molecule has 7 nitrogen and oxygen atoms in total. The maximum Gasteiger partial charge on any atom is 0.244 e. The summed E-state index contributed by atoms with van der Waals surface area (Å²) in [7, 11) is -3.95. The molecular formula is C23H28Cl2FN3O4S. The summed E-state index contributed by atoms with van der Waals surface area (Å²) in [4.78, 5) is 27.4. The second-order valence-corrected chi connectivity index (χ2v) is 11.0.